The molecule has 23 heavy (non-hydrogen) atoms. The molecule has 0 spiro atoms. The van der Waals surface area contributed by atoms with Crippen LogP contribution in [0.1, 0.15) is 24.0 Å². The van der Waals surface area contributed by atoms with E-state index in [-0.39, 0.29) is 11.8 Å². The van der Waals surface area contributed by atoms with Gasteiger partial charge in [-0.2, -0.15) is 0 Å². The number of carbonyl (C=O) groups excluding carboxylic acids is 1. The first-order valence-corrected chi connectivity index (χ1v) is 8.14. The molecule has 0 N–H and O–H groups in total. The van der Waals surface area contributed by atoms with Gasteiger partial charge < -0.3 is 19.2 Å². The molecule has 3 rings (SSSR count). The zero-order valence-corrected chi connectivity index (χ0v) is 13.9. The van der Waals surface area contributed by atoms with E-state index in [0.29, 0.717) is 6.54 Å². The van der Waals surface area contributed by atoms with E-state index in [0.717, 1.165) is 56.0 Å². The van der Waals surface area contributed by atoms with Gasteiger partial charge in [0.05, 0.1) is 14.2 Å². The Labute approximate surface area is 139 Å². The van der Waals surface area contributed by atoms with Gasteiger partial charge in [-0.05, 0) is 55.6 Å². The molecule has 1 saturated heterocycles. The quantitative estimate of drug-likeness (QED) is 0.791. The zero-order chi connectivity index (χ0) is 16.4. The fourth-order valence-corrected chi connectivity index (χ4v) is 3.48. The van der Waals surface area contributed by atoms with Crippen molar-refractivity contribution in [2.75, 3.05) is 33.9 Å². The molecule has 1 amide bonds. The summed E-state index contributed by atoms with van der Waals surface area (Å²) in [6, 6.07) is 4.03. The zero-order valence-electron chi connectivity index (χ0n) is 13.9. The highest BCUT2D eigenvalue weighted by atomic mass is 16.5. The van der Waals surface area contributed by atoms with Gasteiger partial charge in [0.2, 0.25) is 5.91 Å². The van der Waals surface area contributed by atoms with Crippen LogP contribution in [0.2, 0.25) is 0 Å². The summed E-state index contributed by atoms with van der Waals surface area (Å²) in [5.74, 6) is 1.84. The average molecular weight is 314 g/mol. The van der Waals surface area contributed by atoms with Crippen LogP contribution in [0.15, 0.2) is 12.1 Å². The van der Waals surface area contributed by atoms with Crippen LogP contribution in [0.5, 0.6) is 11.5 Å². The van der Waals surface area contributed by atoms with Gasteiger partial charge in [0, 0.05) is 19.0 Å². The summed E-state index contributed by atoms with van der Waals surface area (Å²) in [6.07, 6.45) is 2.56. The van der Waals surface area contributed by atoms with Crippen molar-refractivity contribution < 1.29 is 14.3 Å². The van der Waals surface area contributed by atoms with Crippen LogP contribution < -0.4 is 9.47 Å². The summed E-state index contributed by atoms with van der Waals surface area (Å²) >= 11 is 0. The van der Waals surface area contributed by atoms with Crippen LogP contribution in [0.3, 0.4) is 0 Å². The van der Waals surface area contributed by atoms with E-state index in [2.05, 4.69) is 0 Å². The number of hydrogen-bond donors (Lipinski definition) is 0. The molecule has 1 fully saturated rings. The molecule has 5 nitrogen and oxygen atoms in total. The Morgan fingerprint density at radius 3 is 2.30 bits per heavy atom. The summed E-state index contributed by atoms with van der Waals surface area (Å²) in [7, 11) is 9.06. The van der Waals surface area contributed by atoms with Crippen molar-refractivity contribution >= 4 is 13.9 Å². The highest BCUT2D eigenvalue weighted by molar-refractivity contribution is 6.04. The molecule has 0 aromatic heterocycles. The molecule has 1 aromatic rings. The lowest BCUT2D eigenvalue weighted by Gasteiger charge is -2.35. The highest BCUT2D eigenvalue weighted by Gasteiger charge is 2.29. The van der Waals surface area contributed by atoms with Crippen molar-refractivity contribution in [2.24, 2.45) is 5.92 Å². The number of methoxy groups -OCH3 is 2. The topological polar surface area (TPSA) is 42.0 Å². The SMILES string of the molecule is [B]N1CCC(C(=O)N2CCc3cc(OC)c(OC)cc3C2)CC1. The molecule has 2 aliphatic heterocycles. The van der Waals surface area contributed by atoms with E-state index in [1.165, 1.54) is 5.56 Å². The predicted molar refractivity (Wildman–Crippen MR) is 88.7 cm³/mol. The van der Waals surface area contributed by atoms with Crippen LogP contribution in [0, 0.1) is 5.92 Å². The van der Waals surface area contributed by atoms with E-state index in [4.69, 9.17) is 17.5 Å². The molecule has 122 valence electrons. The van der Waals surface area contributed by atoms with E-state index in [1.807, 2.05) is 17.0 Å². The van der Waals surface area contributed by atoms with Gasteiger partial charge in [-0.25, -0.2) is 0 Å². The fraction of sp³-hybridized carbons (Fsp3) is 0.588. The summed E-state index contributed by atoms with van der Waals surface area (Å²) < 4.78 is 10.7. The minimum atomic E-state index is 0.108. The first kappa shape index (κ1) is 16.2. The molecule has 0 atom stereocenters. The molecular weight excluding hydrogens is 291 g/mol. The van der Waals surface area contributed by atoms with Crippen LogP contribution in [-0.4, -0.2) is 57.5 Å². The van der Waals surface area contributed by atoms with Gasteiger partial charge in [0.15, 0.2) is 19.5 Å². The van der Waals surface area contributed by atoms with E-state index >= 15 is 0 Å². The van der Waals surface area contributed by atoms with Crippen molar-refractivity contribution in [3.05, 3.63) is 23.3 Å². The summed E-state index contributed by atoms with van der Waals surface area (Å²) in [5, 5.41) is 0. The van der Waals surface area contributed by atoms with Crippen molar-refractivity contribution in [2.45, 2.75) is 25.8 Å². The molecule has 2 heterocycles. The smallest absolute Gasteiger partial charge is 0.226 e. The number of amides is 1. The summed E-state index contributed by atoms with van der Waals surface area (Å²) in [4.78, 5) is 16.5. The maximum atomic E-state index is 12.8. The second kappa shape index (κ2) is 6.83. The van der Waals surface area contributed by atoms with E-state index in [1.54, 1.807) is 19.0 Å². The first-order valence-electron chi connectivity index (χ1n) is 8.14. The number of rotatable bonds is 3. The number of hydrogen-bond acceptors (Lipinski definition) is 4. The molecule has 2 aliphatic rings. The van der Waals surface area contributed by atoms with Crippen LogP contribution in [0.25, 0.3) is 0 Å². The molecular formula is C17H23BN2O3. The lowest BCUT2D eigenvalue weighted by molar-refractivity contribution is -0.137. The number of nitrogens with zero attached hydrogens (tertiary/aromatic N) is 2. The van der Waals surface area contributed by atoms with Gasteiger partial charge >= 0.3 is 0 Å². The van der Waals surface area contributed by atoms with Crippen molar-refractivity contribution in [1.29, 1.82) is 0 Å². The number of carbonyl (C=O) groups is 1. The Morgan fingerprint density at radius 2 is 1.70 bits per heavy atom. The number of ether oxygens (including phenoxy) is 2. The van der Waals surface area contributed by atoms with Crippen LogP contribution in [-0.2, 0) is 17.8 Å². The second-order valence-corrected chi connectivity index (χ2v) is 6.30. The average Bonchev–Trinajstić information content (AvgIpc) is 2.60. The lowest BCUT2D eigenvalue weighted by Crippen LogP contribution is -2.43. The first-order chi connectivity index (χ1) is 11.1. The highest BCUT2D eigenvalue weighted by Crippen LogP contribution is 2.34. The van der Waals surface area contributed by atoms with E-state index < -0.39 is 0 Å². The van der Waals surface area contributed by atoms with Crippen LogP contribution >= 0.6 is 0 Å². The molecule has 6 heteroatoms. The molecule has 0 aliphatic carbocycles. The largest absolute Gasteiger partial charge is 0.493 e. The second-order valence-electron chi connectivity index (χ2n) is 6.30. The van der Waals surface area contributed by atoms with Gasteiger partial charge in [-0.3, -0.25) is 4.79 Å². The van der Waals surface area contributed by atoms with Crippen LogP contribution in [0.4, 0.5) is 0 Å². The maximum absolute atomic E-state index is 12.8. The van der Waals surface area contributed by atoms with Crippen molar-refractivity contribution in [3.63, 3.8) is 0 Å². The maximum Gasteiger partial charge on any atom is 0.226 e. The molecule has 0 bridgehead atoms. The Balaban J connectivity index is 1.73. The summed E-state index contributed by atoms with van der Waals surface area (Å²) in [5.41, 5.74) is 2.39. The predicted octanol–water partition coefficient (Wildman–Crippen LogP) is 1.38. The normalized spacial score (nSPS) is 19.3. The van der Waals surface area contributed by atoms with Crippen molar-refractivity contribution in [3.8, 4) is 11.5 Å². The number of fused-ring (bicyclic) bond motifs is 1. The fourth-order valence-electron chi connectivity index (χ4n) is 3.48. The Morgan fingerprint density at radius 1 is 1.09 bits per heavy atom. The van der Waals surface area contributed by atoms with E-state index in [9.17, 15) is 4.79 Å². The number of benzene rings is 1. The third-order valence-electron chi connectivity index (χ3n) is 4.91. The standard InChI is InChI=1S/C17H23BN2O3/c1-22-15-9-13-3-6-19(11-14(13)10-16(15)23-2)17(21)12-4-7-20(18)8-5-12/h9-10,12H,3-8,11H2,1-2H3. The van der Waals surface area contributed by atoms with Gasteiger partial charge in [0.1, 0.15) is 0 Å². The Kier molecular flexibility index (Phi) is 4.80. The summed E-state index contributed by atoms with van der Waals surface area (Å²) in [6.45, 7) is 3.01. The Bertz CT molecular complexity index is 585. The molecule has 0 unspecified atom stereocenters. The van der Waals surface area contributed by atoms with Gasteiger partial charge in [0.25, 0.3) is 0 Å². The van der Waals surface area contributed by atoms with Gasteiger partial charge in [-0.1, -0.05) is 0 Å². The third kappa shape index (κ3) is 3.32. The number of piperidine rings is 1. The monoisotopic (exact) mass is 314 g/mol. The lowest BCUT2D eigenvalue weighted by atomic mass is 9.92. The Hall–Kier alpha value is -1.69. The molecule has 1 aromatic carbocycles. The molecule has 2 radical (unpaired) electrons. The van der Waals surface area contributed by atoms with Crippen molar-refractivity contribution in [1.82, 2.24) is 9.71 Å². The minimum Gasteiger partial charge on any atom is -0.493 e. The van der Waals surface area contributed by atoms with Gasteiger partial charge in [-0.15, -0.1) is 0 Å². The minimum absolute atomic E-state index is 0.108. The molecule has 0 saturated carbocycles. The third-order valence-corrected chi connectivity index (χ3v) is 4.91.